The van der Waals surface area contributed by atoms with Gasteiger partial charge in [-0.1, -0.05) is 130 Å². The molecular weight excluding hydrogens is 402 g/mol. The molecule has 0 aromatic heterocycles. The summed E-state index contributed by atoms with van der Waals surface area (Å²) < 4.78 is 1.11. The molecule has 2 nitrogen and oxygen atoms in total. The number of hydrogen-bond donors (Lipinski definition) is 1. The first kappa shape index (κ1) is 32.9. The molecule has 1 N–H and O–H groups in total. The lowest BCUT2D eigenvalue weighted by molar-refractivity contribution is -0.957. The molecule has 0 aromatic rings. The van der Waals surface area contributed by atoms with E-state index >= 15 is 0 Å². The molecule has 200 valence electrons. The number of hydrogen-bond acceptors (Lipinski definition) is 1. The summed E-state index contributed by atoms with van der Waals surface area (Å²) in [6.45, 7) is 10.6. The topological polar surface area (TPSA) is 20.2 Å². The van der Waals surface area contributed by atoms with Crippen LogP contribution in [0.1, 0.15) is 169 Å². The number of nitrogens with zero attached hydrogens (tertiary/aromatic N) is 1. The SMILES string of the molecule is CCCCCCCCCCCC(CC)[N+](C)(CCO)C(CC)CCCCCCCCCCC. The van der Waals surface area contributed by atoms with Crippen molar-refractivity contribution in [1.29, 1.82) is 0 Å². The van der Waals surface area contributed by atoms with E-state index in [1.807, 2.05) is 0 Å². The van der Waals surface area contributed by atoms with Crippen molar-refractivity contribution in [2.75, 3.05) is 20.2 Å². The van der Waals surface area contributed by atoms with E-state index < -0.39 is 0 Å². The summed E-state index contributed by atoms with van der Waals surface area (Å²) in [5, 5.41) is 9.94. The Morgan fingerprint density at radius 2 is 0.788 bits per heavy atom. The number of aliphatic hydroxyl groups excluding tert-OH is 1. The molecule has 2 atom stereocenters. The van der Waals surface area contributed by atoms with Gasteiger partial charge in [0.2, 0.25) is 0 Å². The molecule has 0 aromatic carbocycles. The zero-order valence-electron chi connectivity index (χ0n) is 24.0. The standard InChI is InChI=1S/C31H66NO/c1-6-10-12-14-16-18-20-22-24-26-30(8-3)32(5,28-29-33)31(9-4)27-25-23-21-19-17-15-13-11-7-2/h30-31,33H,6-29H2,1-5H3/q+1. The van der Waals surface area contributed by atoms with Crippen molar-refractivity contribution in [2.45, 2.75) is 181 Å². The van der Waals surface area contributed by atoms with Crippen LogP contribution in [0.15, 0.2) is 0 Å². The van der Waals surface area contributed by atoms with Gasteiger partial charge in [0.1, 0.15) is 6.54 Å². The molecule has 0 amide bonds. The lowest BCUT2D eigenvalue weighted by Crippen LogP contribution is -2.59. The van der Waals surface area contributed by atoms with Crippen molar-refractivity contribution in [3.05, 3.63) is 0 Å². The molecule has 0 saturated carbocycles. The number of likely N-dealkylation sites (N-methyl/N-ethyl adjacent to an activating group) is 1. The quantitative estimate of drug-likeness (QED) is 0.0988. The molecule has 0 heterocycles. The van der Waals surface area contributed by atoms with Gasteiger partial charge in [-0.3, -0.25) is 0 Å². The van der Waals surface area contributed by atoms with Crippen molar-refractivity contribution in [1.82, 2.24) is 0 Å². The highest BCUT2D eigenvalue weighted by Gasteiger charge is 2.37. The zero-order valence-corrected chi connectivity index (χ0v) is 24.0. The first-order valence-corrected chi connectivity index (χ1v) is 15.6. The third-order valence-corrected chi connectivity index (χ3v) is 8.47. The van der Waals surface area contributed by atoms with Gasteiger partial charge in [-0.05, 0) is 38.5 Å². The minimum Gasteiger partial charge on any atom is -0.391 e. The predicted molar refractivity (Wildman–Crippen MR) is 150 cm³/mol. The largest absolute Gasteiger partial charge is 0.391 e. The smallest absolute Gasteiger partial charge is 0.102 e. The predicted octanol–water partition coefficient (Wildman–Crippen LogP) is 9.82. The van der Waals surface area contributed by atoms with Crippen molar-refractivity contribution < 1.29 is 9.59 Å². The summed E-state index contributed by atoms with van der Waals surface area (Å²) in [6.07, 6.45) is 30.6. The fourth-order valence-corrected chi connectivity index (χ4v) is 6.09. The summed E-state index contributed by atoms with van der Waals surface area (Å²) in [5.74, 6) is 0. The fourth-order valence-electron chi connectivity index (χ4n) is 6.09. The minimum atomic E-state index is 0.332. The van der Waals surface area contributed by atoms with Crippen LogP contribution >= 0.6 is 0 Å². The summed E-state index contributed by atoms with van der Waals surface area (Å²) in [5.41, 5.74) is 0. The van der Waals surface area contributed by atoms with Crippen LogP contribution in [0.2, 0.25) is 0 Å². The minimum absolute atomic E-state index is 0.332. The maximum atomic E-state index is 9.94. The number of quaternary nitrogens is 1. The maximum absolute atomic E-state index is 9.94. The van der Waals surface area contributed by atoms with Crippen molar-refractivity contribution in [3.63, 3.8) is 0 Å². The van der Waals surface area contributed by atoms with Crippen LogP contribution in [0.3, 0.4) is 0 Å². The molecule has 0 aliphatic rings. The Hall–Kier alpha value is -0.0800. The Kier molecular flexibility index (Phi) is 23.6. The van der Waals surface area contributed by atoms with Gasteiger partial charge in [-0.15, -0.1) is 0 Å². The summed E-state index contributed by atoms with van der Waals surface area (Å²) in [6, 6.07) is 1.43. The van der Waals surface area contributed by atoms with Crippen molar-refractivity contribution >= 4 is 0 Å². The normalized spacial score (nSPS) is 15.5. The van der Waals surface area contributed by atoms with Crippen LogP contribution in [0.25, 0.3) is 0 Å². The van der Waals surface area contributed by atoms with Gasteiger partial charge in [0.05, 0.1) is 25.7 Å². The molecular formula is C31H66NO+. The van der Waals surface area contributed by atoms with Crippen LogP contribution in [-0.4, -0.2) is 41.9 Å². The Morgan fingerprint density at radius 1 is 0.485 bits per heavy atom. The van der Waals surface area contributed by atoms with E-state index in [9.17, 15) is 5.11 Å². The van der Waals surface area contributed by atoms with Gasteiger partial charge in [0, 0.05) is 0 Å². The van der Waals surface area contributed by atoms with E-state index in [4.69, 9.17) is 0 Å². The monoisotopic (exact) mass is 469 g/mol. The number of aliphatic hydroxyl groups is 1. The summed E-state index contributed by atoms with van der Waals surface area (Å²) in [7, 11) is 2.47. The molecule has 0 rings (SSSR count). The van der Waals surface area contributed by atoms with E-state index in [-0.39, 0.29) is 0 Å². The number of rotatable bonds is 26. The van der Waals surface area contributed by atoms with E-state index in [1.54, 1.807) is 0 Å². The molecule has 0 saturated heterocycles. The Bertz CT molecular complexity index is 353. The van der Waals surface area contributed by atoms with E-state index in [0.29, 0.717) is 18.7 Å². The maximum Gasteiger partial charge on any atom is 0.102 e. The lowest BCUT2D eigenvalue weighted by Gasteiger charge is -2.47. The first-order chi connectivity index (χ1) is 16.1. The van der Waals surface area contributed by atoms with Gasteiger partial charge in [0.25, 0.3) is 0 Å². The second-order valence-electron chi connectivity index (χ2n) is 11.2. The molecule has 2 heteroatoms. The average molecular weight is 469 g/mol. The second kappa shape index (κ2) is 23.7. The van der Waals surface area contributed by atoms with Crippen LogP contribution in [0, 0.1) is 0 Å². The second-order valence-corrected chi connectivity index (χ2v) is 11.2. The third kappa shape index (κ3) is 16.3. The van der Waals surface area contributed by atoms with Gasteiger partial charge in [-0.25, -0.2) is 0 Å². The molecule has 0 aliphatic carbocycles. The lowest BCUT2D eigenvalue weighted by atomic mass is 9.94. The van der Waals surface area contributed by atoms with E-state index in [2.05, 4.69) is 34.7 Å². The molecule has 0 spiro atoms. The molecule has 33 heavy (non-hydrogen) atoms. The van der Waals surface area contributed by atoms with Gasteiger partial charge in [-0.2, -0.15) is 0 Å². The van der Waals surface area contributed by atoms with Crippen LogP contribution in [0.4, 0.5) is 0 Å². The number of unbranched alkanes of at least 4 members (excludes halogenated alkanes) is 16. The van der Waals surface area contributed by atoms with Gasteiger partial charge in [0.15, 0.2) is 0 Å². The highest BCUT2D eigenvalue weighted by molar-refractivity contribution is 4.67. The van der Waals surface area contributed by atoms with Crippen LogP contribution in [-0.2, 0) is 0 Å². The van der Waals surface area contributed by atoms with Crippen LogP contribution < -0.4 is 0 Å². The van der Waals surface area contributed by atoms with E-state index in [0.717, 1.165) is 11.0 Å². The molecule has 0 fully saturated rings. The molecule has 0 bridgehead atoms. The Labute approximate surface area is 210 Å². The highest BCUT2D eigenvalue weighted by Crippen LogP contribution is 2.29. The van der Waals surface area contributed by atoms with Crippen molar-refractivity contribution in [2.24, 2.45) is 0 Å². The molecule has 0 aliphatic heterocycles. The van der Waals surface area contributed by atoms with Gasteiger partial charge < -0.3 is 9.59 Å². The molecule has 0 radical (unpaired) electrons. The van der Waals surface area contributed by atoms with Crippen molar-refractivity contribution in [3.8, 4) is 0 Å². The summed E-state index contributed by atoms with van der Waals surface area (Å²) >= 11 is 0. The highest BCUT2D eigenvalue weighted by atomic mass is 16.3. The average Bonchev–Trinajstić information content (AvgIpc) is 2.81. The van der Waals surface area contributed by atoms with Gasteiger partial charge >= 0.3 is 0 Å². The fraction of sp³-hybridized carbons (Fsp3) is 1.00. The Morgan fingerprint density at radius 3 is 1.06 bits per heavy atom. The molecule has 2 unspecified atom stereocenters. The third-order valence-electron chi connectivity index (χ3n) is 8.47. The van der Waals surface area contributed by atoms with Crippen LogP contribution in [0.5, 0.6) is 0 Å². The first-order valence-electron chi connectivity index (χ1n) is 15.6. The van der Waals surface area contributed by atoms with E-state index in [1.165, 1.54) is 141 Å². The Balaban J connectivity index is 4.34. The zero-order chi connectivity index (χ0) is 24.6. The summed E-state index contributed by atoms with van der Waals surface area (Å²) in [4.78, 5) is 0.